The number of benzene rings is 1. The Labute approximate surface area is 131 Å². The van der Waals surface area contributed by atoms with E-state index in [9.17, 15) is 4.79 Å². The lowest BCUT2D eigenvalue weighted by molar-refractivity contribution is 0.0718. The minimum absolute atomic E-state index is 0.106. The average molecular weight is 304 g/mol. The van der Waals surface area contributed by atoms with Crippen LogP contribution in [-0.4, -0.2) is 68.1 Å². The summed E-state index contributed by atoms with van der Waals surface area (Å²) in [6, 6.07) is 5.37. The second-order valence-electron chi connectivity index (χ2n) is 5.99. The summed E-state index contributed by atoms with van der Waals surface area (Å²) in [5.74, 6) is 0.927. The molecule has 1 aromatic rings. The molecule has 6 nitrogen and oxygen atoms in total. The average Bonchev–Trinajstić information content (AvgIpc) is 2.55. The molecule has 1 fully saturated rings. The molecule has 1 atom stereocenters. The van der Waals surface area contributed by atoms with E-state index in [-0.39, 0.29) is 11.8 Å². The largest absolute Gasteiger partial charge is 0.490 e. The highest BCUT2D eigenvalue weighted by molar-refractivity contribution is 6.00. The summed E-state index contributed by atoms with van der Waals surface area (Å²) >= 11 is 0. The van der Waals surface area contributed by atoms with E-state index >= 15 is 0 Å². The first-order chi connectivity index (χ1) is 10.6. The predicted octanol–water partition coefficient (Wildman–Crippen LogP) is 0.814. The minimum Gasteiger partial charge on any atom is -0.490 e. The number of nitrogens with one attached hydrogen (secondary N) is 2. The summed E-state index contributed by atoms with van der Waals surface area (Å²) in [7, 11) is 2.12. The summed E-state index contributed by atoms with van der Waals surface area (Å²) < 4.78 is 5.55. The lowest BCUT2D eigenvalue weighted by Crippen LogP contribution is -2.54. The molecule has 120 valence electrons. The number of hydrogen-bond acceptors (Lipinski definition) is 6. The molecule has 0 saturated carbocycles. The molecule has 2 aliphatic heterocycles. The van der Waals surface area contributed by atoms with Crippen LogP contribution in [0.2, 0.25) is 0 Å². The number of carbonyl (C=O) groups is 1. The van der Waals surface area contributed by atoms with Crippen molar-refractivity contribution in [2.75, 3.05) is 51.7 Å². The molecule has 1 aromatic carbocycles. The lowest BCUT2D eigenvalue weighted by atomic mass is 10.0. The van der Waals surface area contributed by atoms with Gasteiger partial charge in [0.2, 0.25) is 0 Å². The van der Waals surface area contributed by atoms with Crippen LogP contribution in [0, 0.1) is 0 Å². The number of nitrogens with zero attached hydrogens (tertiary/aromatic N) is 2. The number of hydrazine groups is 1. The maximum absolute atomic E-state index is 12.6. The number of anilines is 1. The molecule has 0 aliphatic carbocycles. The highest BCUT2D eigenvalue weighted by Crippen LogP contribution is 2.28. The number of fused-ring (bicyclic) bond motifs is 1. The molecule has 0 amide bonds. The van der Waals surface area contributed by atoms with Crippen molar-refractivity contribution in [2.45, 2.75) is 13.0 Å². The quantitative estimate of drug-likeness (QED) is 0.803. The van der Waals surface area contributed by atoms with Crippen molar-refractivity contribution in [1.82, 2.24) is 15.3 Å². The van der Waals surface area contributed by atoms with Crippen LogP contribution >= 0.6 is 0 Å². The van der Waals surface area contributed by atoms with Crippen molar-refractivity contribution < 1.29 is 9.53 Å². The third-order valence-electron chi connectivity index (χ3n) is 4.21. The molecular weight excluding hydrogens is 280 g/mol. The third-order valence-corrected chi connectivity index (χ3v) is 4.21. The summed E-state index contributed by atoms with van der Waals surface area (Å²) in [6.45, 7) is 7.29. The summed E-state index contributed by atoms with van der Waals surface area (Å²) in [6.07, 6.45) is 0. The Bertz CT molecular complexity index is 541. The SMILES string of the molecule is CC(NN1CCN(C)CC1)C(=O)c1ccc2c(c1)NCCO2. The van der Waals surface area contributed by atoms with Crippen LogP contribution in [0.25, 0.3) is 0 Å². The van der Waals surface area contributed by atoms with Crippen molar-refractivity contribution in [3.05, 3.63) is 23.8 Å². The highest BCUT2D eigenvalue weighted by Gasteiger charge is 2.21. The maximum Gasteiger partial charge on any atom is 0.180 e. The zero-order valence-corrected chi connectivity index (χ0v) is 13.3. The van der Waals surface area contributed by atoms with Gasteiger partial charge in [-0.25, -0.2) is 10.4 Å². The van der Waals surface area contributed by atoms with E-state index in [1.54, 1.807) is 0 Å². The van der Waals surface area contributed by atoms with Gasteiger partial charge < -0.3 is 15.0 Å². The highest BCUT2D eigenvalue weighted by atomic mass is 16.5. The minimum atomic E-state index is -0.231. The van der Waals surface area contributed by atoms with E-state index in [4.69, 9.17) is 4.74 Å². The molecule has 22 heavy (non-hydrogen) atoms. The number of rotatable bonds is 4. The Balaban J connectivity index is 1.63. The molecule has 0 bridgehead atoms. The van der Waals surface area contributed by atoms with Crippen LogP contribution in [0.3, 0.4) is 0 Å². The second-order valence-corrected chi connectivity index (χ2v) is 5.99. The fourth-order valence-electron chi connectivity index (χ4n) is 2.81. The van der Waals surface area contributed by atoms with Crippen LogP contribution in [0.15, 0.2) is 18.2 Å². The van der Waals surface area contributed by atoms with Crippen LogP contribution < -0.4 is 15.5 Å². The Morgan fingerprint density at radius 3 is 2.86 bits per heavy atom. The fourth-order valence-corrected chi connectivity index (χ4v) is 2.81. The predicted molar refractivity (Wildman–Crippen MR) is 86.4 cm³/mol. The lowest BCUT2D eigenvalue weighted by Gasteiger charge is -2.34. The molecule has 6 heteroatoms. The third kappa shape index (κ3) is 3.40. The van der Waals surface area contributed by atoms with Gasteiger partial charge in [0, 0.05) is 38.3 Å². The maximum atomic E-state index is 12.6. The number of hydrogen-bond donors (Lipinski definition) is 2. The Morgan fingerprint density at radius 2 is 2.09 bits per heavy atom. The van der Waals surface area contributed by atoms with Crippen LogP contribution in [0.5, 0.6) is 5.75 Å². The molecule has 0 radical (unpaired) electrons. The van der Waals surface area contributed by atoms with E-state index < -0.39 is 0 Å². The van der Waals surface area contributed by atoms with Gasteiger partial charge in [-0.1, -0.05) is 0 Å². The summed E-state index contributed by atoms with van der Waals surface area (Å²) in [4.78, 5) is 14.9. The number of carbonyl (C=O) groups excluding carboxylic acids is 1. The Morgan fingerprint density at radius 1 is 1.32 bits per heavy atom. The molecule has 1 unspecified atom stereocenters. The Hall–Kier alpha value is -1.63. The second kappa shape index (κ2) is 6.64. The van der Waals surface area contributed by atoms with Crippen molar-refractivity contribution in [2.24, 2.45) is 0 Å². The standard InChI is InChI=1S/C16H24N4O2/c1-12(18-20-8-6-19(2)7-9-20)16(21)13-3-4-15-14(11-13)17-5-10-22-15/h3-4,11-12,17-18H,5-10H2,1-2H3. The molecule has 2 aliphatic rings. The van der Waals surface area contributed by atoms with Gasteiger partial charge in [-0.05, 0) is 32.2 Å². The molecule has 0 aromatic heterocycles. The van der Waals surface area contributed by atoms with Crippen molar-refractivity contribution in [3.63, 3.8) is 0 Å². The Kier molecular flexibility index (Phi) is 4.61. The zero-order valence-electron chi connectivity index (χ0n) is 13.3. The van der Waals surface area contributed by atoms with Crippen molar-refractivity contribution >= 4 is 11.5 Å². The monoisotopic (exact) mass is 304 g/mol. The van der Waals surface area contributed by atoms with Gasteiger partial charge in [0.25, 0.3) is 0 Å². The van der Waals surface area contributed by atoms with Crippen LogP contribution in [0.4, 0.5) is 5.69 Å². The van der Waals surface area contributed by atoms with Crippen molar-refractivity contribution in [1.29, 1.82) is 0 Å². The topological polar surface area (TPSA) is 56.8 Å². The van der Waals surface area contributed by atoms with Crippen molar-refractivity contribution in [3.8, 4) is 5.75 Å². The summed E-state index contributed by atoms with van der Waals surface area (Å²) in [5.41, 5.74) is 4.94. The first-order valence-electron chi connectivity index (χ1n) is 7.88. The molecular formula is C16H24N4O2. The van der Waals surface area contributed by atoms with E-state index in [0.717, 1.165) is 44.2 Å². The zero-order chi connectivity index (χ0) is 15.5. The molecule has 2 heterocycles. The van der Waals surface area contributed by atoms with E-state index in [1.807, 2.05) is 25.1 Å². The smallest absolute Gasteiger partial charge is 0.180 e. The van der Waals surface area contributed by atoms with Gasteiger partial charge in [0.1, 0.15) is 12.4 Å². The van der Waals surface area contributed by atoms with E-state index in [1.165, 1.54) is 0 Å². The molecule has 0 spiro atoms. The first-order valence-corrected chi connectivity index (χ1v) is 7.88. The fraction of sp³-hybridized carbons (Fsp3) is 0.562. The summed E-state index contributed by atoms with van der Waals surface area (Å²) in [5, 5.41) is 5.41. The number of likely N-dealkylation sites (N-methyl/N-ethyl adjacent to an activating group) is 1. The number of Topliss-reactive ketones (excluding diaryl/α,β-unsaturated/α-hetero) is 1. The van der Waals surface area contributed by atoms with Crippen LogP contribution in [0.1, 0.15) is 17.3 Å². The first kappa shape index (κ1) is 15.3. The molecule has 3 rings (SSSR count). The molecule has 1 saturated heterocycles. The van der Waals surface area contributed by atoms with Gasteiger partial charge in [-0.2, -0.15) is 0 Å². The number of ketones is 1. The van der Waals surface area contributed by atoms with E-state index in [0.29, 0.717) is 12.2 Å². The van der Waals surface area contributed by atoms with Gasteiger partial charge in [0.15, 0.2) is 5.78 Å². The van der Waals surface area contributed by atoms with Gasteiger partial charge in [-0.15, -0.1) is 0 Å². The van der Waals surface area contributed by atoms with Crippen LogP contribution in [-0.2, 0) is 0 Å². The van der Waals surface area contributed by atoms with E-state index in [2.05, 4.69) is 27.7 Å². The van der Waals surface area contributed by atoms with Gasteiger partial charge in [-0.3, -0.25) is 4.79 Å². The number of ether oxygens (including phenoxy) is 1. The number of piperazine rings is 1. The van der Waals surface area contributed by atoms with Gasteiger partial charge in [0.05, 0.1) is 11.7 Å². The molecule has 2 N–H and O–H groups in total. The van der Waals surface area contributed by atoms with Gasteiger partial charge >= 0.3 is 0 Å². The normalized spacial score (nSPS) is 20.6.